The molecule has 0 saturated heterocycles. The first kappa shape index (κ1) is 14.1. The summed E-state index contributed by atoms with van der Waals surface area (Å²) in [6.45, 7) is 4.34. The number of halogens is 1. The summed E-state index contributed by atoms with van der Waals surface area (Å²) in [7, 11) is 0. The van der Waals surface area contributed by atoms with Crippen LogP contribution in [0, 0.1) is 5.92 Å². The quantitative estimate of drug-likeness (QED) is 0.779. The van der Waals surface area contributed by atoms with Crippen LogP contribution in [0.2, 0.25) is 5.02 Å². The van der Waals surface area contributed by atoms with E-state index >= 15 is 0 Å². The number of hydrogen-bond acceptors (Lipinski definition) is 4. The highest BCUT2D eigenvalue weighted by Gasteiger charge is 2.41. The highest BCUT2D eigenvalue weighted by Crippen LogP contribution is 2.45. The molecular formula is C17H17ClN2OS. The number of ether oxygens (including phenoxy) is 1. The van der Waals surface area contributed by atoms with Crippen molar-refractivity contribution in [3.05, 3.63) is 51.2 Å². The number of rotatable bonds is 2. The average molecular weight is 333 g/mol. The maximum atomic E-state index is 6.19. The molecule has 0 aliphatic carbocycles. The standard InChI is InChI=1S/C17H17ClN2OS/c1-10(2)17-20-14(9-13(19-20)16-4-3-7-22-16)12-8-11(18)5-6-15(12)21-17/h3-8,10,14,17H,9H2,1-2H3/t14-,17-/m1/s1. The van der Waals surface area contributed by atoms with Gasteiger partial charge >= 0.3 is 0 Å². The van der Waals surface area contributed by atoms with E-state index in [1.807, 2.05) is 18.2 Å². The highest BCUT2D eigenvalue weighted by atomic mass is 35.5. The third-order valence-electron chi connectivity index (χ3n) is 4.16. The topological polar surface area (TPSA) is 24.8 Å². The van der Waals surface area contributed by atoms with Crippen molar-refractivity contribution in [3.8, 4) is 5.75 Å². The Morgan fingerprint density at radius 1 is 1.36 bits per heavy atom. The van der Waals surface area contributed by atoms with Crippen molar-refractivity contribution in [2.24, 2.45) is 11.0 Å². The Morgan fingerprint density at radius 3 is 2.95 bits per heavy atom. The minimum atomic E-state index is -0.0314. The average Bonchev–Trinajstić information content (AvgIpc) is 3.15. The van der Waals surface area contributed by atoms with E-state index < -0.39 is 0 Å². The van der Waals surface area contributed by atoms with E-state index in [0.717, 1.165) is 28.5 Å². The fourth-order valence-electron chi connectivity index (χ4n) is 3.12. The third kappa shape index (κ3) is 2.22. The summed E-state index contributed by atoms with van der Waals surface area (Å²) in [5.74, 6) is 1.30. The zero-order valence-electron chi connectivity index (χ0n) is 12.5. The van der Waals surface area contributed by atoms with Gasteiger partial charge in [-0.15, -0.1) is 11.3 Å². The highest BCUT2D eigenvalue weighted by molar-refractivity contribution is 7.12. The van der Waals surface area contributed by atoms with Crippen LogP contribution in [0.25, 0.3) is 0 Å². The van der Waals surface area contributed by atoms with Gasteiger partial charge in [-0.2, -0.15) is 5.10 Å². The summed E-state index contributed by atoms with van der Waals surface area (Å²) in [6.07, 6.45) is 0.872. The lowest BCUT2D eigenvalue weighted by Gasteiger charge is -2.40. The molecule has 0 N–H and O–H groups in total. The number of thiophene rings is 1. The molecule has 2 aliphatic heterocycles. The predicted molar refractivity (Wildman–Crippen MR) is 90.8 cm³/mol. The Morgan fingerprint density at radius 2 is 2.23 bits per heavy atom. The Bertz CT molecular complexity index is 726. The number of hydrogen-bond donors (Lipinski definition) is 0. The molecule has 5 heteroatoms. The fraction of sp³-hybridized carbons (Fsp3) is 0.353. The van der Waals surface area contributed by atoms with Crippen molar-refractivity contribution < 1.29 is 4.74 Å². The van der Waals surface area contributed by atoms with Crippen LogP contribution < -0.4 is 4.74 Å². The van der Waals surface area contributed by atoms with E-state index in [-0.39, 0.29) is 12.3 Å². The molecule has 0 spiro atoms. The van der Waals surface area contributed by atoms with Gasteiger partial charge in [0.05, 0.1) is 16.6 Å². The minimum Gasteiger partial charge on any atom is -0.468 e. The van der Waals surface area contributed by atoms with E-state index in [2.05, 4.69) is 36.4 Å². The largest absolute Gasteiger partial charge is 0.468 e. The zero-order chi connectivity index (χ0) is 15.3. The fourth-order valence-corrected chi connectivity index (χ4v) is 4.02. The van der Waals surface area contributed by atoms with Crippen LogP contribution in [0.1, 0.15) is 36.8 Å². The van der Waals surface area contributed by atoms with Crippen LogP contribution in [0.15, 0.2) is 40.8 Å². The smallest absolute Gasteiger partial charge is 0.190 e. The predicted octanol–water partition coefficient (Wildman–Crippen LogP) is 4.93. The zero-order valence-corrected chi connectivity index (χ0v) is 14.1. The molecular weight excluding hydrogens is 316 g/mol. The van der Waals surface area contributed by atoms with Crippen molar-refractivity contribution in [1.82, 2.24) is 5.01 Å². The Kier molecular flexibility index (Phi) is 3.39. The van der Waals surface area contributed by atoms with Crippen molar-refractivity contribution in [1.29, 1.82) is 0 Å². The number of hydrazone groups is 1. The van der Waals surface area contributed by atoms with Crippen LogP contribution in [0.5, 0.6) is 5.75 Å². The van der Waals surface area contributed by atoms with E-state index in [9.17, 15) is 0 Å². The van der Waals surface area contributed by atoms with Gasteiger partial charge in [0.2, 0.25) is 0 Å². The van der Waals surface area contributed by atoms with Gasteiger partial charge in [-0.3, -0.25) is 0 Å². The van der Waals surface area contributed by atoms with Crippen LogP contribution in [0.4, 0.5) is 0 Å². The number of fused-ring (bicyclic) bond motifs is 3. The van der Waals surface area contributed by atoms with Gasteiger partial charge in [0, 0.05) is 22.9 Å². The summed E-state index contributed by atoms with van der Waals surface area (Å²) in [6, 6.07) is 10.3. The molecule has 2 atom stereocenters. The lowest BCUT2D eigenvalue weighted by Crippen LogP contribution is -2.43. The summed E-state index contributed by atoms with van der Waals surface area (Å²) >= 11 is 7.93. The maximum absolute atomic E-state index is 6.19. The van der Waals surface area contributed by atoms with Gasteiger partial charge < -0.3 is 4.74 Å². The Balaban J connectivity index is 1.78. The third-order valence-corrected chi connectivity index (χ3v) is 5.31. The van der Waals surface area contributed by atoms with Gasteiger partial charge in [-0.05, 0) is 29.6 Å². The van der Waals surface area contributed by atoms with Gasteiger partial charge in [-0.1, -0.05) is 31.5 Å². The molecule has 3 nitrogen and oxygen atoms in total. The molecule has 0 unspecified atom stereocenters. The van der Waals surface area contributed by atoms with Crippen molar-refractivity contribution in [3.63, 3.8) is 0 Å². The van der Waals surface area contributed by atoms with E-state index in [0.29, 0.717) is 5.92 Å². The first-order valence-corrected chi connectivity index (χ1v) is 8.75. The molecule has 2 aromatic rings. The Labute approximate surface area is 139 Å². The molecule has 1 aromatic heterocycles. The molecule has 0 amide bonds. The van der Waals surface area contributed by atoms with Crippen LogP contribution in [-0.4, -0.2) is 16.9 Å². The van der Waals surface area contributed by atoms with Gasteiger partial charge in [0.1, 0.15) is 5.75 Å². The lowest BCUT2D eigenvalue weighted by atomic mass is 9.97. The van der Waals surface area contributed by atoms with Crippen molar-refractivity contribution in [2.75, 3.05) is 0 Å². The van der Waals surface area contributed by atoms with Gasteiger partial charge in [0.25, 0.3) is 0 Å². The van der Waals surface area contributed by atoms with Crippen LogP contribution >= 0.6 is 22.9 Å². The molecule has 0 bridgehead atoms. The van der Waals surface area contributed by atoms with E-state index in [1.165, 1.54) is 4.88 Å². The first-order valence-electron chi connectivity index (χ1n) is 7.49. The van der Waals surface area contributed by atoms with Gasteiger partial charge in [0.15, 0.2) is 6.23 Å². The second-order valence-corrected chi connectivity index (χ2v) is 7.44. The summed E-state index contributed by atoms with van der Waals surface area (Å²) in [4.78, 5) is 1.24. The maximum Gasteiger partial charge on any atom is 0.190 e. The lowest BCUT2D eigenvalue weighted by molar-refractivity contribution is -0.0461. The molecule has 3 heterocycles. The van der Waals surface area contributed by atoms with Crippen LogP contribution in [-0.2, 0) is 0 Å². The second-order valence-electron chi connectivity index (χ2n) is 6.06. The molecule has 22 heavy (non-hydrogen) atoms. The first-order chi connectivity index (χ1) is 10.6. The number of nitrogens with zero attached hydrogens (tertiary/aromatic N) is 2. The van der Waals surface area contributed by atoms with Crippen molar-refractivity contribution in [2.45, 2.75) is 32.5 Å². The molecule has 4 rings (SSSR count). The molecule has 0 fully saturated rings. The van der Waals surface area contributed by atoms with Crippen molar-refractivity contribution >= 4 is 28.6 Å². The van der Waals surface area contributed by atoms with E-state index in [4.69, 9.17) is 21.4 Å². The summed E-state index contributed by atoms with van der Waals surface area (Å²) < 4.78 is 6.19. The Hall–Kier alpha value is -1.52. The monoisotopic (exact) mass is 332 g/mol. The molecule has 114 valence electrons. The minimum absolute atomic E-state index is 0.0314. The summed E-state index contributed by atoms with van der Waals surface area (Å²) in [5, 5.41) is 9.84. The van der Waals surface area contributed by atoms with Crippen LogP contribution in [0.3, 0.4) is 0 Å². The summed E-state index contributed by atoms with van der Waals surface area (Å²) in [5.41, 5.74) is 2.28. The normalized spacial score (nSPS) is 23.1. The molecule has 1 aromatic carbocycles. The SMILES string of the molecule is CC(C)[C@H]1Oc2ccc(Cl)cc2[C@H]2CC(c3cccs3)=NN21. The molecule has 0 radical (unpaired) electrons. The number of benzene rings is 1. The molecule has 2 aliphatic rings. The second kappa shape index (κ2) is 5.28. The van der Waals surface area contributed by atoms with Gasteiger partial charge in [-0.25, -0.2) is 5.01 Å². The van der Waals surface area contributed by atoms with E-state index in [1.54, 1.807) is 11.3 Å². The molecule has 0 saturated carbocycles.